The Bertz CT molecular complexity index is 951. The van der Waals surface area contributed by atoms with Gasteiger partial charge < -0.3 is 24.0 Å². The summed E-state index contributed by atoms with van der Waals surface area (Å²) in [6.07, 6.45) is 3.41. The second-order valence-electron chi connectivity index (χ2n) is 6.87. The second-order valence-corrected chi connectivity index (χ2v) is 6.87. The number of methoxy groups -OCH3 is 2. The summed E-state index contributed by atoms with van der Waals surface area (Å²) in [5.74, 6) is 0.968. The quantitative estimate of drug-likeness (QED) is 0.490. The molecule has 2 heterocycles. The van der Waals surface area contributed by atoms with Gasteiger partial charge in [-0.2, -0.15) is 4.98 Å². The predicted molar refractivity (Wildman–Crippen MR) is 107 cm³/mol. The normalized spacial score (nSPS) is 15.6. The van der Waals surface area contributed by atoms with Gasteiger partial charge >= 0.3 is 0 Å². The molecule has 1 amide bonds. The van der Waals surface area contributed by atoms with Crippen molar-refractivity contribution in [2.75, 3.05) is 46.3 Å². The van der Waals surface area contributed by atoms with E-state index in [-0.39, 0.29) is 35.4 Å². The van der Waals surface area contributed by atoms with Gasteiger partial charge in [0.25, 0.3) is 11.6 Å². The number of nitrogens with zero attached hydrogens (tertiary/aromatic N) is 5. The Kier molecular flexibility index (Phi) is 6.19. The van der Waals surface area contributed by atoms with Crippen LogP contribution in [0, 0.1) is 10.1 Å². The number of carbonyl (C=O) groups is 1. The number of ether oxygens (including phenoxy) is 3. The molecule has 1 aliphatic rings. The van der Waals surface area contributed by atoms with Crippen molar-refractivity contribution in [2.45, 2.75) is 12.5 Å². The first-order valence-electron chi connectivity index (χ1n) is 9.19. The van der Waals surface area contributed by atoms with Gasteiger partial charge in [-0.25, -0.2) is 0 Å². The third-order valence-electron chi connectivity index (χ3n) is 4.71. The van der Waals surface area contributed by atoms with E-state index in [4.69, 9.17) is 14.2 Å². The molecule has 11 nitrogen and oxygen atoms in total. The highest BCUT2D eigenvalue weighted by molar-refractivity contribution is 5.99. The van der Waals surface area contributed by atoms with Crippen molar-refractivity contribution in [1.29, 1.82) is 0 Å². The van der Waals surface area contributed by atoms with E-state index in [0.29, 0.717) is 24.7 Å². The van der Waals surface area contributed by atoms with E-state index in [0.717, 1.165) is 0 Å². The van der Waals surface area contributed by atoms with Crippen LogP contribution in [0.25, 0.3) is 0 Å². The summed E-state index contributed by atoms with van der Waals surface area (Å²) in [6, 6.07) is 2.53. The Morgan fingerprint density at radius 2 is 1.93 bits per heavy atom. The van der Waals surface area contributed by atoms with E-state index < -0.39 is 10.8 Å². The zero-order valence-electron chi connectivity index (χ0n) is 17.2. The molecule has 1 aromatic heterocycles. The van der Waals surface area contributed by atoms with E-state index in [1.54, 1.807) is 11.1 Å². The molecule has 0 bridgehead atoms. The summed E-state index contributed by atoms with van der Waals surface area (Å²) in [4.78, 5) is 35.7. The van der Waals surface area contributed by atoms with E-state index in [1.807, 2.05) is 14.1 Å². The number of amides is 1. The summed E-state index contributed by atoms with van der Waals surface area (Å²) in [6.45, 7) is 0.675. The average Bonchev–Trinajstić information content (AvgIpc) is 3.20. The highest BCUT2D eigenvalue weighted by Crippen LogP contribution is 2.35. The molecule has 0 saturated carbocycles. The molecular weight excluding hydrogens is 394 g/mol. The summed E-state index contributed by atoms with van der Waals surface area (Å²) in [5, 5.41) is 11.5. The van der Waals surface area contributed by atoms with E-state index >= 15 is 0 Å². The van der Waals surface area contributed by atoms with Gasteiger partial charge in [0.1, 0.15) is 11.7 Å². The van der Waals surface area contributed by atoms with Gasteiger partial charge in [-0.05, 0) is 0 Å². The number of nitro benzene ring substituents is 1. The smallest absolute Gasteiger partial charge is 0.286 e. The average molecular weight is 417 g/mol. The zero-order chi connectivity index (χ0) is 21.8. The first-order chi connectivity index (χ1) is 14.3. The molecule has 1 aliphatic heterocycles. The number of benzene rings is 1. The van der Waals surface area contributed by atoms with Crippen molar-refractivity contribution in [3.05, 3.63) is 40.2 Å². The number of hydrogen-bond acceptors (Lipinski definition) is 9. The molecule has 0 aliphatic carbocycles. The van der Waals surface area contributed by atoms with Gasteiger partial charge in [-0.15, -0.1) is 0 Å². The van der Waals surface area contributed by atoms with Crippen molar-refractivity contribution in [3.63, 3.8) is 0 Å². The van der Waals surface area contributed by atoms with Crippen LogP contribution < -0.4 is 19.1 Å². The van der Waals surface area contributed by atoms with Crippen molar-refractivity contribution in [2.24, 2.45) is 0 Å². The lowest BCUT2D eigenvalue weighted by atomic mass is 10.1. The van der Waals surface area contributed by atoms with Crippen LogP contribution in [0.15, 0.2) is 24.5 Å². The minimum absolute atomic E-state index is 0.0623. The fraction of sp³-hybridized carbons (Fsp3) is 0.421. The first kappa shape index (κ1) is 21.1. The SMILES string of the molecule is COc1cc(C(=O)N2CCC(Oc3cncc(N(C)C)n3)C2)c([N+](=O)[O-])cc1OC. The maximum absolute atomic E-state index is 13.0. The molecular formula is C19H23N5O6. The maximum Gasteiger partial charge on any atom is 0.286 e. The Morgan fingerprint density at radius 1 is 1.23 bits per heavy atom. The monoisotopic (exact) mass is 417 g/mol. The van der Waals surface area contributed by atoms with E-state index in [2.05, 4.69) is 9.97 Å². The minimum Gasteiger partial charge on any atom is -0.493 e. The van der Waals surface area contributed by atoms with Crippen LogP contribution in [0.2, 0.25) is 0 Å². The maximum atomic E-state index is 13.0. The molecule has 2 aromatic rings. The first-order valence-corrected chi connectivity index (χ1v) is 9.19. The number of likely N-dealkylation sites (tertiary alicyclic amines) is 1. The number of rotatable bonds is 7. The zero-order valence-corrected chi connectivity index (χ0v) is 17.2. The van der Waals surface area contributed by atoms with E-state index in [9.17, 15) is 14.9 Å². The lowest BCUT2D eigenvalue weighted by Gasteiger charge is -2.18. The summed E-state index contributed by atoms with van der Waals surface area (Å²) in [5.41, 5.74) is -0.403. The van der Waals surface area contributed by atoms with Gasteiger partial charge in [0.15, 0.2) is 17.3 Å². The summed E-state index contributed by atoms with van der Waals surface area (Å²) < 4.78 is 16.2. The van der Waals surface area contributed by atoms with Gasteiger partial charge in [0.05, 0.1) is 44.1 Å². The Morgan fingerprint density at radius 3 is 2.57 bits per heavy atom. The highest BCUT2D eigenvalue weighted by Gasteiger charge is 2.33. The lowest BCUT2D eigenvalue weighted by Crippen LogP contribution is -2.31. The molecule has 1 aromatic carbocycles. The highest BCUT2D eigenvalue weighted by atomic mass is 16.6. The molecule has 30 heavy (non-hydrogen) atoms. The Balaban J connectivity index is 1.77. The number of anilines is 1. The molecule has 0 spiro atoms. The number of carbonyl (C=O) groups excluding carboxylic acids is 1. The fourth-order valence-corrected chi connectivity index (χ4v) is 3.15. The van der Waals surface area contributed by atoms with Gasteiger partial charge in [-0.3, -0.25) is 19.9 Å². The standard InChI is InChI=1S/C19H23N5O6/c1-22(2)17-9-20-10-18(21-17)30-12-5-6-23(11-12)19(25)13-7-15(28-3)16(29-4)8-14(13)24(26)27/h7-10,12H,5-6,11H2,1-4H3. The van der Waals surface area contributed by atoms with Gasteiger partial charge in [-0.1, -0.05) is 0 Å². The van der Waals surface area contributed by atoms with Crippen molar-refractivity contribution in [1.82, 2.24) is 14.9 Å². The van der Waals surface area contributed by atoms with Crippen LogP contribution in [0.5, 0.6) is 17.4 Å². The predicted octanol–water partition coefficient (Wildman–Crippen LogP) is 1.76. The van der Waals surface area contributed by atoms with E-state index in [1.165, 1.54) is 37.4 Å². The van der Waals surface area contributed by atoms with Crippen LogP contribution in [0.3, 0.4) is 0 Å². The van der Waals surface area contributed by atoms with Gasteiger partial charge in [0, 0.05) is 33.1 Å². The summed E-state index contributed by atoms with van der Waals surface area (Å²) >= 11 is 0. The molecule has 1 saturated heterocycles. The van der Waals surface area contributed by atoms with Crippen molar-refractivity contribution >= 4 is 17.4 Å². The van der Waals surface area contributed by atoms with Crippen LogP contribution in [-0.2, 0) is 0 Å². The molecule has 0 radical (unpaired) electrons. The van der Waals surface area contributed by atoms with Gasteiger partial charge in [0.2, 0.25) is 5.88 Å². The van der Waals surface area contributed by atoms with Crippen LogP contribution >= 0.6 is 0 Å². The molecule has 160 valence electrons. The molecule has 0 N–H and O–H groups in total. The second kappa shape index (κ2) is 8.80. The van der Waals surface area contributed by atoms with Crippen molar-refractivity contribution < 1.29 is 23.9 Å². The number of nitro groups is 1. The Hall–Kier alpha value is -3.63. The third kappa shape index (κ3) is 4.34. The molecule has 3 rings (SSSR count). The Labute approximate surface area is 173 Å². The topological polar surface area (TPSA) is 120 Å². The molecule has 1 atom stereocenters. The summed E-state index contributed by atoms with van der Waals surface area (Å²) in [7, 11) is 6.47. The molecule has 1 unspecified atom stereocenters. The van der Waals surface area contributed by atoms with Crippen LogP contribution in [0.1, 0.15) is 16.8 Å². The minimum atomic E-state index is -0.610. The lowest BCUT2D eigenvalue weighted by molar-refractivity contribution is -0.385. The molecule has 11 heteroatoms. The number of aromatic nitrogens is 2. The van der Waals surface area contributed by atoms with Crippen molar-refractivity contribution in [3.8, 4) is 17.4 Å². The largest absolute Gasteiger partial charge is 0.493 e. The third-order valence-corrected chi connectivity index (χ3v) is 4.71. The molecule has 1 fully saturated rings. The fourth-order valence-electron chi connectivity index (χ4n) is 3.15. The number of hydrogen-bond donors (Lipinski definition) is 0. The van der Waals surface area contributed by atoms with Crippen LogP contribution in [-0.4, -0.2) is 73.2 Å². The van der Waals surface area contributed by atoms with Crippen LogP contribution in [0.4, 0.5) is 11.5 Å².